The minimum absolute atomic E-state index is 0. The summed E-state index contributed by atoms with van der Waals surface area (Å²) in [6.07, 6.45) is 3.72. The maximum Gasteiger partial charge on any atom is 0.191 e. The molecular formula is C16H35IN4O. The van der Waals surface area contributed by atoms with Gasteiger partial charge in [0.2, 0.25) is 0 Å². The molecule has 0 radical (unpaired) electrons. The number of morpholine rings is 1. The van der Waals surface area contributed by atoms with E-state index in [1.165, 1.54) is 19.3 Å². The first-order valence-corrected chi connectivity index (χ1v) is 8.45. The Labute approximate surface area is 153 Å². The molecule has 1 aliphatic heterocycles. The zero-order valence-corrected chi connectivity index (χ0v) is 17.1. The van der Waals surface area contributed by atoms with E-state index in [0.29, 0.717) is 0 Å². The van der Waals surface area contributed by atoms with Crippen molar-refractivity contribution >= 4 is 29.9 Å². The van der Waals surface area contributed by atoms with Crippen LogP contribution in [0.2, 0.25) is 0 Å². The Bertz CT molecular complexity index is 305. The number of hydrogen-bond donors (Lipinski definition) is 2. The van der Waals surface area contributed by atoms with Crippen molar-refractivity contribution < 1.29 is 4.74 Å². The van der Waals surface area contributed by atoms with E-state index in [2.05, 4.69) is 43.2 Å². The van der Waals surface area contributed by atoms with Crippen LogP contribution in [0.1, 0.15) is 47.0 Å². The molecule has 0 unspecified atom stereocenters. The molecule has 0 atom stereocenters. The summed E-state index contributed by atoms with van der Waals surface area (Å²) in [5, 5.41) is 6.76. The Kier molecular flexibility index (Phi) is 12.3. The summed E-state index contributed by atoms with van der Waals surface area (Å²) in [6, 6.07) is 0. The third-order valence-corrected chi connectivity index (χ3v) is 3.91. The molecule has 0 aromatic carbocycles. The Balaban J connectivity index is 0.00000441. The molecule has 1 rings (SSSR count). The van der Waals surface area contributed by atoms with Crippen molar-refractivity contribution in [2.75, 3.05) is 45.9 Å². The molecule has 0 amide bonds. The van der Waals surface area contributed by atoms with Crippen LogP contribution in [-0.4, -0.2) is 62.3 Å². The topological polar surface area (TPSA) is 48.9 Å². The van der Waals surface area contributed by atoms with Gasteiger partial charge in [-0.05, 0) is 27.2 Å². The second-order valence-electron chi connectivity index (χ2n) is 6.24. The number of halogens is 1. The number of aliphatic imine (C=N–C) groups is 1. The van der Waals surface area contributed by atoms with Gasteiger partial charge >= 0.3 is 0 Å². The zero-order chi connectivity index (χ0) is 15.6. The van der Waals surface area contributed by atoms with E-state index >= 15 is 0 Å². The largest absolute Gasteiger partial charge is 0.379 e. The first-order valence-electron chi connectivity index (χ1n) is 8.45. The molecule has 22 heavy (non-hydrogen) atoms. The average molecular weight is 426 g/mol. The molecule has 0 aliphatic carbocycles. The van der Waals surface area contributed by atoms with E-state index in [1.54, 1.807) is 0 Å². The molecule has 132 valence electrons. The molecule has 0 aromatic heterocycles. The van der Waals surface area contributed by atoms with Crippen molar-refractivity contribution in [1.82, 2.24) is 15.5 Å². The molecule has 6 heteroatoms. The summed E-state index contributed by atoms with van der Waals surface area (Å²) in [4.78, 5) is 7.24. The highest BCUT2D eigenvalue weighted by molar-refractivity contribution is 14.0. The van der Waals surface area contributed by atoms with E-state index in [9.17, 15) is 0 Å². The molecule has 0 aromatic rings. The van der Waals surface area contributed by atoms with E-state index in [1.807, 2.05) is 0 Å². The van der Waals surface area contributed by atoms with Gasteiger partial charge in [0.25, 0.3) is 0 Å². The molecule has 1 saturated heterocycles. The Morgan fingerprint density at radius 2 is 1.82 bits per heavy atom. The van der Waals surface area contributed by atoms with Crippen LogP contribution in [0.15, 0.2) is 4.99 Å². The highest BCUT2D eigenvalue weighted by Gasteiger charge is 2.27. The third-order valence-electron chi connectivity index (χ3n) is 3.91. The van der Waals surface area contributed by atoms with E-state index in [-0.39, 0.29) is 29.5 Å². The van der Waals surface area contributed by atoms with Gasteiger partial charge in [-0.3, -0.25) is 9.89 Å². The molecule has 0 bridgehead atoms. The number of nitrogens with zero attached hydrogens (tertiary/aromatic N) is 2. The lowest BCUT2D eigenvalue weighted by Crippen LogP contribution is -2.52. The Hall–Kier alpha value is -0.0800. The van der Waals surface area contributed by atoms with E-state index in [4.69, 9.17) is 9.73 Å². The van der Waals surface area contributed by atoms with Crippen molar-refractivity contribution in [3.05, 3.63) is 0 Å². The fraction of sp³-hybridized carbons (Fsp3) is 0.938. The second kappa shape index (κ2) is 12.4. The summed E-state index contributed by atoms with van der Waals surface area (Å²) >= 11 is 0. The first kappa shape index (κ1) is 21.9. The van der Waals surface area contributed by atoms with Crippen molar-refractivity contribution in [3.63, 3.8) is 0 Å². The smallest absolute Gasteiger partial charge is 0.191 e. The van der Waals surface area contributed by atoms with Gasteiger partial charge in [-0.2, -0.15) is 0 Å². The normalized spacial score (nSPS) is 17.0. The molecule has 0 spiro atoms. The van der Waals surface area contributed by atoms with Crippen molar-refractivity contribution in [2.45, 2.75) is 52.5 Å². The summed E-state index contributed by atoms with van der Waals surface area (Å²) in [7, 11) is 0. The SMILES string of the molecule is CCCCCNC(=NCC(C)(C)N1CCOCC1)NCC.I. The lowest BCUT2D eigenvalue weighted by molar-refractivity contribution is -0.00683. The number of rotatable bonds is 8. The lowest BCUT2D eigenvalue weighted by atomic mass is 10.0. The van der Waals surface area contributed by atoms with Gasteiger partial charge in [0, 0.05) is 31.7 Å². The van der Waals surface area contributed by atoms with Gasteiger partial charge in [0.15, 0.2) is 5.96 Å². The Morgan fingerprint density at radius 1 is 1.14 bits per heavy atom. The zero-order valence-electron chi connectivity index (χ0n) is 14.8. The minimum atomic E-state index is 0. The van der Waals surface area contributed by atoms with Crippen LogP contribution in [0, 0.1) is 0 Å². The molecule has 1 heterocycles. The van der Waals surface area contributed by atoms with Crippen LogP contribution < -0.4 is 10.6 Å². The summed E-state index contributed by atoms with van der Waals surface area (Å²) in [6.45, 7) is 15.2. The third kappa shape index (κ3) is 8.53. The van der Waals surface area contributed by atoms with Gasteiger partial charge in [0.1, 0.15) is 0 Å². The van der Waals surface area contributed by atoms with Gasteiger partial charge in [-0.15, -0.1) is 24.0 Å². The van der Waals surface area contributed by atoms with E-state index < -0.39 is 0 Å². The number of guanidine groups is 1. The van der Waals surface area contributed by atoms with Crippen molar-refractivity contribution in [1.29, 1.82) is 0 Å². The maximum atomic E-state index is 5.43. The highest BCUT2D eigenvalue weighted by atomic mass is 127. The standard InChI is InChI=1S/C16H34N4O.HI/c1-5-7-8-9-18-15(17-6-2)19-14-16(3,4)20-10-12-21-13-11-20;/h5-14H2,1-4H3,(H2,17,18,19);1H. The van der Waals surface area contributed by atoms with Crippen molar-refractivity contribution in [3.8, 4) is 0 Å². The van der Waals surface area contributed by atoms with Crippen LogP contribution >= 0.6 is 24.0 Å². The van der Waals surface area contributed by atoms with Gasteiger partial charge in [0.05, 0.1) is 19.8 Å². The summed E-state index contributed by atoms with van der Waals surface area (Å²) < 4.78 is 5.43. The monoisotopic (exact) mass is 426 g/mol. The number of hydrogen-bond acceptors (Lipinski definition) is 3. The second-order valence-corrected chi connectivity index (χ2v) is 6.24. The predicted octanol–water partition coefficient (Wildman–Crippen LogP) is 2.46. The average Bonchev–Trinajstić information content (AvgIpc) is 2.50. The molecule has 2 N–H and O–H groups in total. The molecule has 1 fully saturated rings. The van der Waals surface area contributed by atoms with Crippen LogP contribution in [0.5, 0.6) is 0 Å². The van der Waals surface area contributed by atoms with E-state index in [0.717, 1.165) is 51.9 Å². The number of ether oxygens (including phenoxy) is 1. The van der Waals surface area contributed by atoms with Gasteiger partial charge in [-0.1, -0.05) is 19.8 Å². The van der Waals surface area contributed by atoms with Crippen LogP contribution in [0.3, 0.4) is 0 Å². The molecule has 1 aliphatic rings. The maximum absolute atomic E-state index is 5.43. The quantitative estimate of drug-likeness (QED) is 0.271. The predicted molar refractivity (Wildman–Crippen MR) is 105 cm³/mol. The van der Waals surface area contributed by atoms with Gasteiger partial charge < -0.3 is 15.4 Å². The molecule has 0 saturated carbocycles. The number of nitrogens with one attached hydrogen (secondary N) is 2. The van der Waals surface area contributed by atoms with Gasteiger partial charge in [-0.25, -0.2) is 0 Å². The van der Waals surface area contributed by atoms with Crippen molar-refractivity contribution in [2.24, 2.45) is 4.99 Å². The Morgan fingerprint density at radius 3 is 2.41 bits per heavy atom. The summed E-state index contributed by atoms with van der Waals surface area (Å²) in [5.41, 5.74) is 0.0789. The number of unbranched alkanes of at least 4 members (excludes halogenated alkanes) is 2. The van der Waals surface area contributed by atoms with Crippen LogP contribution in [0.25, 0.3) is 0 Å². The highest BCUT2D eigenvalue weighted by Crippen LogP contribution is 2.16. The molecular weight excluding hydrogens is 391 g/mol. The minimum Gasteiger partial charge on any atom is -0.379 e. The summed E-state index contributed by atoms with van der Waals surface area (Å²) in [5.74, 6) is 0.940. The fourth-order valence-electron chi connectivity index (χ4n) is 2.46. The lowest BCUT2D eigenvalue weighted by Gasteiger charge is -2.39. The first-order chi connectivity index (χ1) is 10.1. The fourth-order valence-corrected chi connectivity index (χ4v) is 2.46. The van der Waals surface area contributed by atoms with Crippen LogP contribution in [0.4, 0.5) is 0 Å². The van der Waals surface area contributed by atoms with Crippen LogP contribution in [-0.2, 0) is 4.74 Å². The molecule has 5 nitrogen and oxygen atoms in total.